The minimum absolute atomic E-state index is 0.0547. The van der Waals surface area contributed by atoms with Gasteiger partial charge in [0, 0.05) is 0 Å². The van der Waals surface area contributed by atoms with Crippen molar-refractivity contribution < 1.29 is 0 Å². The first-order valence-electron chi connectivity index (χ1n) is 6.49. The molecule has 1 aliphatic carbocycles. The zero-order chi connectivity index (χ0) is 16.8. The van der Waals surface area contributed by atoms with E-state index in [1.54, 1.807) is 47.0 Å². The van der Waals surface area contributed by atoms with Crippen molar-refractivity contribution in [2.75, 3.05) is 12.5 Å². The van der Waals surface area contributed by atoms with Crippen LogP contribution in [0.1, 0.15) is 0 Å². The predicted molar refractivity (Wildman–Crippen MR) is 118 cm³/mol. The maximum absolute atomic E-state index is 12.1. The fourth-order valence-electron chi connectivity index (χ4n) is 1.99. The molecule has 0 atom stereocenters. The van der Waals surface area contributed by atoms with Gasteiger partial charge >= 0.3 is 0 Å². The number of hydrogen-bond donors (Lipinski definition) is 0. The van der Waals surface area contributed by atoms with Gasteiger partial charge in [0.1, 0.15) is 0 Å². The van der Waals surface area contributed by atoms with Crippen LogP contribution in [0.15, 0.2) is 47.1 Å². The molecule has 0 radical (unpaired) electrons. The second kappa shape index (κ2) is 7.30. The fourth-order valence-corrected chi connectivity index (χ4v) is 13.1. The van der Waals surface area contributed by atoms with Crippen LogP contribution < -0.4 is 10.9 Å². The molecule has 0 saturated carbocycles. The number of rotatable bonds is 2. The molecule has 24 heavy (non-hydrogen) atoms. The van der Waals surface area contributed by atoms with Gasteiger partial charge in [-0.3, -0.25) is 9.59 Å². The molecule has 3 aliphatic heterocycles. The topological polar surface area (TPSA) is 34.1 Å². The second-order valence-electron chi connectivity index (χ2n) is 4.47. The lowest BCUT2D eigenvalue weighted by molar-refractivity contribution is 1.44. The van der Waals surface area contributed by atoms with E-state index < -0.39 is 0 Å². The minimum Gasteiger partial charge on any atom is -0.288 e. The predicted octanol–water partition coefficient (Wildman–Crippen LogP) is 5.91. The first-order valence-corrected chi connectivity index (χ1v) is 13.8. The van der Waals surface area contributed by atoms with Crippen molar-refractivity contribution in [3.05, 3.63) is 58.6 Å². The summed E-state index contributed by atoms with van der Waals surface area (Å²) in [5.41, 5.74) is -0.109. The number of hydrogen-bond acceptors (Lipinski definition) is 10. The summed E-state index contributed by atoms with van der Waals surface area (Å²) in [5, 5.41) is 0. The molecule has 0 saturated heterocycles. The van der Waals surface area contributed by atoms with E-state index in [4.69, 9.17) is 0 Å². The van der Waals surface area contributed by atoms with E-state index in [1.807, 2.05) is 23.5 Å². The molecule has 0 aromatic rings. The Kier molecular flexibility index (Phi) is 5.47. The van der Waals surface area contributed by atoms with E-state index in [1.165, 1.54) is 51.8 Å². The summed E-state index contributed by atoms with van der Waals surface area (Å²) in [5.74, 6) is 0. The maximum Gasteiger partial charge on any atom is 0.197 e. The van der Waals surface area contributed by atoms with Crippen molar-refractivity contribution in [3.63, 3.8) is 0 Å². The average molecular weight is 465 g/mol. The molecule has 0 spiro atoms. The molecule has 10 heteroatoms. The molecular weight excluding hydrogens is 457 g/mol. The average Bonchev–Trinajstić information content (AvgIpc) is 3.19. The van der Waals surface area contributed by atoms with Gasteiger partial charge in [-0.2, -0.15) is 0 Å². The van der Waals surface area contributed by atoms with Gasteiger partial charge in [-0.1, -0.05) is 47.0 Å². The molecule has 4 aliphatic rings. The summed E-state index contributed by atoms with van der Waals surface area (Å²) < 4.78 is 8.72. The van der Waals surface area contributed by atoms with Gasteiger partial charge < -0.3 is 0 Å². The molecule has 0 fully saturated rings. The summed E-state index contributed by atoms with van der Waals surface area (Å²) in [6.45, 7) is 0. The molecular formula is C14H8O2S8. The van der Waals surface area contributed by atoms with Crippen LogP contribution in [-0.4, -0.2) is 12.5 Å². The Morgan fingerprint density at radius 2 is 1.12 bits per heavy atom. The van der Waals surface area contributed by atoms with E-state index in [-0.39, 0.29) is 10.9 Å². The van der Waals surface area contributed by atoms with Crippen LogP contribution in [0.25, 0.3) is 0 Å². The summed E-state index contributed by atoms with van der Waals surface area (Å²) in [7, 11) is 0. The van der Waals surface area contributed by atoms with Gasteiger partial charge in [-0.15, -0.1) is 46.2 Å². The lowest BCUT2D eigenvalue weighted by Gasteiger charge is -1.99. The molecule has 124 valence electrons. The number of thioether (sulfide) groups is 6. The lowest BCUT2D eigenvalue weighted by Crippen LogP contribution is -2.09. The van der Waals surface area contributed by atoms with Crippen LogP contribution in [0, 0.1) is 9.06 Å². The van der Waals surface area contributed by atoms with Crippen molar-refractivity contribution in [2.24, 2.45) is 0 Å². The summed E-state index contributed by atoms with van der Waals surface area (Å²) in [6, 6.07) is 2.77. The molecule has 0 aromatic heterocycles. The van der Waals surface area contributed by atoms with Gasteiger partial charge in [-0.05, 0) is 24.6 Å². The monoisotopic (exact) mass is 464 g/mol. The van der Waals surface area contributed by atoms with E-state index in [0.717, 1.165) is 8.42 Å². The van der Waals surface area contributed by atoms with E-state index in [0.29, 0.717) is 9.06 Å². The van der Waals surface area contributed by atoms with Gasteiger partial charge in [-0.25, -0.2) is 0 Å². The normalized spacial score (nSPS) is 17.2. The Labute approximate surface area is 171 Å². The van der Waals surface area contributed by atoms with Crippen molar-refractivity contribution in [1.82, 2.24) is 0 Å². The Hall–Kier alpha value is 0.580. The fraction of sp³-hybridized carbons (Fsp3) is 0.143. The lowest BCUT2D eigenvalue weighted by atomic mass is 10.4. The van der Waals surface area contributed by atoms with Gasteiger partial charge in [0.25, 0.3) is 0 Å². The smallest absolute Gasteiger partial charge is 0.197 e. The van der Waals surface area contributed by atoms with Crippen molar-refractivity contribution in [2.45, 2.75) is 8.42 Å². The largest absolute Gasteiger partial charge is 0.288 e. The van der Waals surface area contributed by atoms with Gasteiger partial charge in [0.05, 0.1) is 34.4 Å². The molecule has 0 amide bonds. The Bertz CT molecular complexity index is 996. The van der Waals surface area contributed by atoms with Crippen LogP contribution in [0.4, 0.5) is 0 Å². The molecule has 2 nitrogen and oxygen atoms in total. The third kappa shape index (κ3) is 3.17. The first kappa shape index (κ1) is 18.0. The van der Waals surface area contributed by atoms with Gasteiger partial charge in [0.2, 0.25) is 0 Å². The van der Waals surface area contributed by atoms with Crippen molar-refractivity contribution >= 4 is 93.2 Å². The van der Waals surface area contributed by atoms with Crippen LogP contribution >= 0.6 is 93.2 Å². The van der Waals surface area contributed by atoms with Crippen LogP contribution in [0.2, 0.25) is 0 Å². The van der Waals surface area contributed by atoms with Crippen LogP contribution in [0.3, 0.4) is 0 Å². The van der Waals surface area contributed by atoms with E-state index >= 15 is 0 Å². The molecule has 3 heterocycles. The molecule has 0 unspecified atom stereocenters. The molecule has 0 bridgehead atoms. The quantitative estimate of drug-likeness (QED) is 0.542. The highest BCUT2D eigenvalue weighted by molar-refractivity contribution is 8.42. The molecule has 0 aromatic carbocycles. The zero-order valence-corrected chi connectivity index (χ0v) is 18.8. The number of fused-ring (bicyclic) bond motifs is 1. The minimum atomic E-state index is -0.0547. The summed E-state index contributed by atoms with van der Waals surface area (Å²) >= 11 is 13.6. The Morgan fingerprint density at radius 3 is 1.54 bits per heavy atom. The van der Waals surface area contributed by atoms with Crippen LogP contribution in [-0.2, 0) is 0 Å². The van der Waals surface area contributed by atoms with Crippen molar-refractivity contribution in [1.29, 1.82) is 0 Å². The van der Waals surface area contributed by atoms with Crippen molar-refractivity contribution in [3.8, 4) is 0 Å². The Balaban J connectivity index is 1.77. The summed E-state index contributed by atoms with van der Waals surface area (Å²) in [4.78, 5) is 24.1. The third-order valence-electron chi connectivity index (χ3n) is 3.04. The molecule has 4 rings (SSSR count). The highest BCUT2D eigenvalue weighted by Gasteiger charge is 2.29. The third-order valence-corrected chi connectivity index (χ3v) is 14.5. The van der Waals surface area contributed by atoms with E-state index in [9.17, 15) is 9.59 Å². The SMILES string of the molecule is CSC1=C(SC)SC(=C2Sc3sc4c(=O)ccc(=O)c=4sc3S2)S1. The second-order valence-corrected chi connectivity index (χ2v) is 13.8. The van der Waals surface area contributed by atoms with Crippen LogP contribution in [0.5, 0.6) is 0 Å². The standard InChI is InChI=1S/C14H8O2S8/c1-17-9-10(18-2)22-13(21-9)14-23-11-12(24-14)20-8-6(16)4-3-5(15)7(8)19-11/h3-4H,1-2H3. The zero-order valence-electron chi connectivity index (χ0n) is 12.2. The first-order chi connectivity index (χ1) is 11.6. The molecule has 0 N–H and O–H groups in total. The highest BCUT2D eigenvalue weighted by atomic mass is 32.3. The summed E-state index contributed by atoms with van der Waals surface area (Å²) in [6.07, 6.45) is 4.22. The van der Waals surface area contributed by atoms with E-state index in [2.05, 4.69) is 12.5 Å². The Morgan fingerprint density at radius 1 is 0.708 bits per heavy atom. The van der Waals surface area contributed by atoms with Gasteiger partial charge in [0.15, 0.2) is 10.9 Å². The highest BCUT2D eigenvalue weighted by Crippen LogP contribution is 2.64. The maximum atomic E-state index is 12.1.